The number of hydrogen-bond acceptors (Lipinski definition) is 4. The van der Waals surface area contributed by atoms with E-state index >= 15 is 0 Å². The van der Waals surface area contributed by atoms with Crippen molar-refractivity contribution in [2.24, 2.45) is 0 Å². The molecule has 1 aromatic carbocycles. The van der Waals surface area contributed by atoms with Crippen molar-refractivity contribution in [1.29, 1.82) is 0 Å². The zero-order valence-corrected chi connectivity index (χ0v) is 11.1. The molecule has 4 heteroatoms. The summed E-state index contributed by atoms with van der Waals surface area (Å²) < 4.78 is 5.33. The molecule has 1 fully saturated rings. The minimum atomic E-state index is -0.885. The third-order valence-corrected chi connectivity index (χ3v) is 3.43. The van der Waals surface area contributed by atoms with Gasteiger partial charge in [-0.3, -0.25) is 4.90 Å². The van der Waals surface area contributed by atoms with Crippen molar-refractivity contribution in [3.63, 3.8) is 0 Å². The molecule has 0 radical (unpaired) electrons. The van der Waals surface area contributed by atoms with E-state index in [9.17, 15) is 5.11 Å². The second-order valence-corrected chi connectivity index (χ2v) is 5.00. The quantitative estimate of drug-likeness (QED) is 0.830. The Bertz CT molecular complexity index is 387. The Labute approximate surface area is 109 Å². The molecule has 1 aliphatic rings. The summed E-state index contributed by atoms with van der Waals surface area (Å²) in [4.78, 5) is 2.28. The summed E-state index contributed by atoms with van der Waals surface area (Å²) in [6, 6.07) is 7.68. The minimum absolute atomic E-state index is 0.634. The van der Waals surface area contributed by atoms with Crippen LogP contribution in [0.25, 0.3) is 0 Å². The number of methoxy groups -OCH3 is 1. The van der Waals surface area contributed by atoms with Crippen LogP contribution in [-0.2, 0) is 5.60 Å². The van der Waals surface area contributed by atoms with Gasteiger partial charge in [0.25, 0.3) is 0 Å². The first-order chi connectivity index (χ1) is 8.63. The molecule has 2 N–H and O–H groups in total. The van der Waals surface area contributed by atoms with Crippen LogP contribution in [0.15, 0.2) is 24.3 Å². The van der Waals surface area contributed by atoms with Gasteiger partial charge in [0.05, 0.1) is 7.11 Å². The molecule has 0 spiro atoms. The van der Waals surface area contributed by atoms with Gasteiger partial charge in [0.2, 0.25) is 0 Å². The lowest BCUT2D eigenvalue weighted by Gasteiger charge is -2.35. The van der Waals surface area contributed by atoms with E-state index in [-0.39, 0.29) is 0 Å². The van der Waals surface area contributed by atoms with Crippen LogP contribution in [-0.4, -0.2) is 49.8 Å². The van der Waals surface area contributed by atoms with Crippen LogP contribution in [0.2, 0.25) is 0 Å². The lowest BCUT2D eigenvalue weighted by Crippen LogP contribution is -2.48. The normalized spacial score (nSPS) is 20.4. The Morgan fingerprint density at radius 1 is 1.33 bits per heavy atom. The van der Waals surface area contributed by atoms with Crippen molar-refractivity contribution < 1.29 is 9.84 Å². The summed E-state index contributed by atoms with van der Waals surface area (Å²) in [5, 5.41) is 14.0. The molecule has 0 aromatic heterocycles. The number of para-hydroxylation sites is 1. The zero-order chi connectivity index (χ0) is 13.0. The topological polar surface area (TPSA) is 44.7 Å². The van der Waals surface area contributed by atoms with E-state index in [1.807, 2.05) is 31.2 Å². The van der Waals surface area contributed by atoms with Crippen LogP contribution >= 0.6 is 0 Å². The van der Waals surface area contributed by atoms with Gasteiger partial charge in [0, 0.05) is 38.3 Å². The van der Waals surface area contributed by atoms with Crippen LogP contribution < -0.4 is 10.1 Å². The number of nitrogens with one attached hydrogen (secondary N) is 1. The summed E-state index contributed by atoms with van der Waals surface area (Å²) in [7, 11) is 1.64. The molecule has 2 rings (SSSR count). The lowest BCUT2D eigenvalue weighted by atomic mass is 9.94. The molecule has 1 saturated heterocycles. The third kappa shape index (κ3) is 3.02. The SMILES string of the molecule is COc1ccccc1C(C)(O)CN1CCNCC1. The summed E-state index contributed by atoms with van der Waals surface area (Å²) in [5.41, 5.74) is -0.0322. The lowest BCUT2D eigenvalue weighted by molar-refractivity contribution is 0.0108. The van der Waals surface area contributed by atoms with Crippen molar-refractivity contribution in [1.82, 2.24) is 10.2 Å². The molecular weight excluding hydrogens is 228 g/mol. The van der Waals surface area contributed by atoms with Crippen LogP contribution in [0.5, 0.6) is 5.75 Å². The van der Waals surface area contributed by atoms with Gasteiger partial charge in [0.1, 0.15) is 11.4 Å². The van der Waals surface area contributed by atoms with Crippen molar-refractivity contribution in [3.8, 4) is 5.75 Å². The van der Waals surface area contributed by atoms with Gasteiger partial charge in [-0.1, -0.05) is 18.2 Å². The van der Waals surface area contributed by atoms with E-state index < -0.39 is 5.60 Å². The minimum Gasteiger partial charge on any atom is -0.496 e. The van der Waals surface area contributed by atoms with Gasteiger partial charge in [-0.25, -0.2) is 0 Å². The molecule has 4 nitrogen and oxygen atoms in total. The standard InChI is InChI=1S/C14H22N2O2/c1-14(17,11-16-9-7-15-8-10-16)12-5-3-4-6-13(12)18-2/h3-6,15,17H,7-11H2,1-2H3. The number of aliphatic hydroxyl groups is 1. The fraction of sp³-hybridized carbons (Fsp3) is 0.571. The predicted molar refractivity (Wildman–Crippen MR) is 71.9 cm³/mol. The van der Waals surface area contributed by atoms with E-state index in [1.165, 1.54) is 0 Å². The number of benzene rings is 1. The van der Waals surface area contributed by atoms with Crippen molar-refractivity contribution >= 4 is 0 Å². The van der Waals surface area contributed by atoms with E-state index in [4.69, 9.17) is 4.74 Å². The molecule has 1 aliphatic heterocycles. The maximum atomic E-state index is 10.7. The Morgan fingerprint density at radius 3 is 2.67 bits per heavy atom. The van der Waals surface area contributed by atoms with Crippen LogP contribution in [0.4, 0.5) is 0 Å². The Hall–Kier alpha value is -1.10. The molecular formula is C14H22N2O2. The molecule has 1 unspecified atom stereocenters. The fourth-order valence-electron chi connectivity index (χ4n) is 2.48. The van der Waals surface area contributed by atoms with Gasteiger partial charge >= 0.3 is 0 Å². The number of rotatable bonds is 4. The molecule has 0 aliphatic carbocycles. The Morgan fingerprint density at radius 2 is 2.00 bits per heavy atom. The number of hydrogen-bond donors (Lipinski definition) is 2. The van der Waals surface area contributed by atoms with Gasteiger partial charge in [0.15, 0.2) is 0 Å². The monoisotopic (exact) mass is 250 g/mol. The molecule has 1 aromatic rings. The molecule has 100 valence electrons. The molecule has 1 atom stereocenters. The Balaban J connectivity index is 2.13. The van der Waals surface area contributed by atoms with Crippen LogP contribution in [0.3, 0.4) is 0 Å². The zero-order valence-electron chi connectivity index (χ0n) is 11.1. The summed E-state index contributed by atoms with van der Waals surface area (Å²) in [6.45, 7) is 6.42. The van der Waals surface area contributed by atoms with Gasteiger partial charge < -0.3 is 15.2 Å². The average Bonchev–Trinajstić information content (AvgIpc) is 2.39. The predicted octanol–water partition coefficient (Wildman–Crippen LogP) is 0.808. The number of ether oxygens (including phenoxy) is 1. The maximum absolute atomic E-state index is 10.7. The summed E-state index contributed by atoms with van der Waals surface area (Å²) >= 11 is 0. The molecule has 0 bridgehead atoms. The highest BCUT2D eigenvalue weighted by Gasteiger charge is 2.29. The van der Waals surface area contributed by atoms with Gasteiger partial charge in [-0.05, 0) is 13.0 Å². The molecule has 0 saturated carbocycles. The first-order valence-electron chi connectivity index (χ1n) is 6.42. The fourth-order valence-corrected chi connectivity index (χ4v) is 2.48. The molecule has 18 heavy (non-hydrogen) atoms. The second kappa shape index (κ2) is 5.69. The van der Waals surface area contributed by atoms with Crippen molar-refractivity contribution in [2.75, 3.05) is 39.8 Å². The Kier molecular flexibility index (Phi) is 4.22. The highest BCUT2D eigenvalue weighted by Crippen LogP contribution is 2.30. The van der Waals surface area contributed by atoms with E-state index in [1.54, 1.807) is 7.11 Å². The number of nitrogens with zero attached hydrogens (tertiary/aromatic N) is 1. The highest BCUT2D eigenvalue weighted by molar-refractivity contribution is 5.37. The highest BCUT2D eigenvalue weighted by atomic mass is 16.5. The van der Waals surface area contributed by atoms with E-state index in [0.29, 0.717) is 6.54 Å². The van der Waals surface area contributed by atoms with Crippen molar-refractivity contribution in [2.45, 2.75) is 12.5 Å². The van der Waals surface area contributed by atoms with Crippen LogP contribution in [0.1, 0.15) is 12.5 Å². The smallest absolute Gasteiger partial charge is 0.124 e. The first kappa shape index (κ1) is 13.3. The largest absolute Gasteiger partial charge is 0.496 e. The third-order valence-electron chi connectivity index (χ3n) is 3.43. The van der Waals surface area contributed by atoms with Gasteiger partial charge in [-0.15, -0.1) is 0 Å². The van der Waals surface area contributed by atoms with E-state index in [2.05, 4.69) is 10.2 Å². The van der Waals surface area contributed by atoms with E-state index in [0.717, 1.165) is 37.5 Å². The number of β-amino-alcohol motifs (C(OH)–C–C–N with tert-alkyl or cyclic N) is 1. The maximum Gasteiger partial charge on any atom is 0.124 e. The first-order valence-corrected chi connectivity index (χ1v) is 6.42. The van der Waals surface area contributed by atoms with Crippen molar-refractivity contribution in [3.05, 3.63) is 29.8 Å². The molecule has 1 heterocycles. The van der Waals surface area contributed by atoms with Gasteiger partial charge in [-0.2, -0.15) is 0 Å². The summed E-state index contributed by atoms with van der Waals surface area (Å²) in [5.74, 6) is 0.748. The second-order valence-electron chi connectivity index (χ2n) is 5.00. The molecule has 0 amide bonds. The van der Waals surface area contributed by atoms with Crippen LogP contribution in [0, 0.1) is 0 Å². The number of piperazine rings is 1. The average molecular weight is 250 g/mol. The summed E-state index contributed by atoms with van der Waals surface area (Å²) in [6.07, 6.45) is 0.